The molecule has 0 heterocycles. The highest BCUT2D eigenvalue weighted by atomic mass is 16.7. The van der Waals surface area contributed by atoms with Crippen LogP contribution in [0.3, 0.4) is 0 Å². The van der Waals surface area contributed by atoms with E-state index in [9.17, 15) is 19.2 Å². The Hall–Kier alpha value is -3.04. The first-order chi connectivity index (χ1) is 16.0. The van der Waals surface area contributed by atoms with Crippen molar-refractivity contribution in [1.29, 1.82) is 0 Å². The number of carbonyl (C=O) groups is 4. The molecule has 0 radical (unpaired) electrons. The van der Waals surface area contributed by atoms with Crippen LogP contribution in [0.5, 0.6) is 0 Å². The van der Waals surface area contributed by atoms with Gasteiger partial charge in [-0.1, -0.05) is 51.7 Å². The van der Waals surface area contributed by atoms with Gasteiger partial charge in [-0.05, 0) is 26.7 Å². The van der Waals surface area contributed by atoms with Crippen molar-refractivity contribution in [1.82, 2.24) is 10.6 Å². The van der Waals surface area contributed by atoms with Crippen LogP contribution in [0.1, 0.15) is 79.1 Å². The summed E-state index contributed by atoms with van der Waals surface area (Å²) in [6.45, 7) is 13.9. The van der Waals surface area contributed by atoms with E-state index in [1.54, 1.807) is 0 Å². The zero-order valence-electron chi connectivity index (χ0n) is 20.9. The van der Waals surface area contributed by atoms with Gasteiger partial charge in [0.1, 0.15) is 0 Å². The SMILES string of the molecule is C=C(C)C(=O)OC(C)OC(=O)NCCCCCCCCCCNC(=O)OC(C)OC(=O)C(=C)C. The third-order valence-electron chi connectivity index (χ3n) is 4.43. The summed E-state index contributed by atoms with van der Waals surface area (Å²) in [6, 6.07) is 0. The Bertz CT molecular complexity index is 634. The van der Waals surface area contributed by atoms with Crippen molar-refractivity contribution in [3.05, 3.63) is 24.3 Å². The number of hydrogen-bond donors (Lipinski definition) is 2. The van der Waals surface area contributed by atoms with E-state index < -0.39 is 36.7 Å². The number of esters is 2. The molecule has 0 rings (SSSR count). The standard InChI is InChI=1S/C24H40N2O8/c1-17(2)21(27)31-19(5)33-23(29)25-15-13-11-9-7-8-10-12-14-16-26-24(30)34-20(6)32-22(28)18(3)4/h19-20H,1,3,7-16H2,2,4-6H3,(H,25,29)(H,26,30). The Kier molecular flexibility index (Phi) is 16.7. The number of alkyl carbamates (subject to hydrolysis) is 2. The maximum absolute atomic E-state index is 11.6. The van der Waals surface area contributed by atoms with Gasteiger partial charge in [-0.15, -0.1) is 0 Å². The third-order valence-corrected chi connectivity index (χ3v) is 4.43. The van der Waals surface area contributed by atoms with Crippen LogP contribution in [0.2, 0.25) is 0 Å². The Labute approximate surface area is 202 Å². The van der Waals surface area contributed by atoms with Crippen molar-refractivity contribution >= 4 is 24.1 Å². The number of nitrogens with one attached hydrogen (secondary N) is 2. The van der Waals surface area contributed by atoms with Crippen LogP contribution in [-0.2, 0) is 28.5 Å². The van der Waals surface area contributed by atoms with Crippen molar-refractivity contribution in [3.63, 3.8) is 0 Å². The highest BCUT2D eigenvalue weighted by Crippen LogP contribution is 2.08. The molecule has 0 fully saturated rings. The highest BCUT2D eigenvalue weighted by Gasteiger charge is 2.15. The van der Waals surface area contributed by atoms with Crippen LogP contribution in [0.4, 0.5) is 9.59 Å². The average molecular weight is 485 g/mol. The Balaban J connectivity index is 3.54. The normalized spacial score (nSPS) is 12.0. The first kappa shape index (κ1) is 31.0. The molecule has 194 valence electrons. The third kappa shape index (κ3) is 17.5. The first-order valence-electron chi connectivity index (χ1n) is 11.6. The smallest absolute Gasteiger partial charge is 0.410 e. The van der Waals surface area contributed by atoms with E-state index in [1.165, 1.54) is 27.7 Å². The predicted molar refractivity (Wildman–Crippen MR) is 127 cm³/mol. The average Bonchev–Trinajstić information content (AvgIpc) is 2.73. The van der Waals surface area contributed by atoms with Gasteiger partial charge in [0.2, 0.25) is 12.6 Å². The van der Waals surface area contributed by atoms with Crippen molar-refractivity contribution in [2.45, 2.75) is 91.6 Å². The molecular weight excluding hydrogens is 444 g/mol. The summed E-state index contributed by atoms with van der Waals surface area (Å²) in [6.07, 6.45) is 4.78. The fourth-order valence-corrected chi connectivity index (χ4v) is 2.63. The van der Waals surface area contributed by atoms with E-state index in [1.807, 2.05) is 0 Å². The Morgan fingerprint density at radius 2 is 0.882 bits per heavy atom. The zero-order valence-corrected chi connectivity index (χ0v) is 20.9. The van der Waals surface area contributed by atoms with Crippen LogP contribution in [0, 0.1) is 0 Å². The molecule has 0 aliphatic rings. The molecule has 2 atom stereocenters. The van der Waals surface area contributed by atoms with Gasteiger partial charge in [0, 0.05) is 38.1 Å². The minimum atomic E-state index is -0.972. The molecule has 0 aromatic carbocycles. The summed E-state index contributed by atoms with van der Waals surface area (Å²) in [4.78, 5) is 45.9. The van der Waals surface area contributed by atoms with Gasteiger partial charge < -0.3 is 29.6 Å². The second kappa shape index (κ2) is 18.4. The second-order valence-electron chi connectivity index (χ2n) is 8.00. The quantitative estimate of drug-likeness (QED) is 0.134. The van der Waals surface area contributed by atoms with Crippen LogP contribution < -0.4 is 10.6 Å². The maximum atomic E-state index is 11.6. The van der Waals surface area contributed by atoms with Gasteiger partial charge in [-0.2, -0.15) is 0 Å². The minimum absolute atomic E-state index is 0.239. The highest BCUT2D eigenvalue weighted by molar-refractivity contribution is 5.87. The number of carbonyl (C=O) groups excluding carboxylic acids is 4. The number of unbranched alkanes of at least 4 members (excludes halogenated alkanes) is 7. The van der Waals surface area contributed by atoms with Crippen molar-refractivity contribution in [3.8, 4) is 0 Å². The number of rotatable bonds is 17. The van der Waals surface area contributed by atoms with E-state index in [-0.39, 0.29) is 11.1 Å². The lowest BCUT2D eigenvalue weighted by atomic mass is 10.1. The summed E-state index contributed by atoms with van der Waals surface area (Å²) in [5.74, 6) is -1.21. The minimum Gasteiger partial charge on any atom is -0.422 e. The summed E-state index contributed by atoms with van der Waals surface area (Å²) in [7, 11) is 0. The molecule has 2 N–H and O–H groups in total. The zero-order chi connectivity index (χ0) is 25.9. The predicted octanol–water partition coefficient (Wildman–Crippen LogP) is 4.49. The van der Waals surface area contributed by atoms with Gasteiger partial charge in [-0.3, -0.25) is 0 Å². The molecule has 2 unspecified atom stereocenters. The van der Waals surface area contributed by atoms with E-state index >= 15 is 0 Å². The van der Waals surface area contributed by atoms with Gasteiger partial charge in [0.25, 0.3) is 0 Å². The molecule has 2 amide bonds. The number of hydrogen-bond acceptors (Lipinski definition) is 8. The van der Waals surface area contributed by atoms with Crippen molar-refractivity contribution < 1.29 is 38.1 Å². The number of amides is 2. The molecule has 0 saturated heterocycles. The van der Waals surface area contributed by atoms with Gasteiger partial charge >= 0.3 is 24.1 Å². The van der Waals surface area contributed by atoms with E-state index in [4.69, 9.17) is 18.9 Å². The van der Waals surface area contributed by atoms with Gasteiger partial charge in [-0.25, -0.2) is 19.2 Å². The molecule has 10 heteroatoms. The van der Waals surface area contributed by atoms with E-state index in [0.717, 1.165) is 51.4 Å². The molecule has 0 aliphatic carbocycles. The Morgan fingerprint density at radius 3 is 1.18 bits per heavy atom. The number of ether oxygens (including phenoxy) is 4. The lowest BCUT2D eigenvalue weighted by Gasteiger charge is -2.14. The molecule has 0 spiro atoms. The van der Waals surface area contributed by atoms with Gasteiger partial charge in [0.05, 0.1) is 0 Å². The molecule has 0 aromatic rings. The topological polar surface area (TPSA) is 129 Å². The maximum Gasteiger partial charge on any atom is 0.410 e. The fraction of sp³-hybridized carbons (Fsp3) is 0.667. The first-order valence-corrected chi connectivity index (χ1v) is 11.6. The second-order valence-corrected chi connectivity index (χ2v) is 8.00. The summed E-state index contributed by atoms with van der Waals surface area (Å²) >= 11 is 0. The molecule has 10 nitrogen and oxygen atoms in total. The molecular formula is C24H40N2O8. The van der Waals surface area contributed by atoms with E-state index in [2.05, 4.69) is 23.8 Å². The molecule has 0 aliphatic heterocycles. The van der Waals surface area contributed by atoms with Gasteiger partial charge in [0.15, 0.2) is 0 Å². The van der Waals surface area contributed by atoms with Crippen LogP contribution >= 0.6 is 0 Å². The lowest BCUT2D eigenvalue weighted by Crippen LogP contribution is -2.30. The van der Waals surface area contributed by atoms with Crippen molar-refractivity contribution in [2.75, 3.05) is 13.1 Å². The lowest BCUT2D eigenvalue weighted by molar-refractivity contribution is -0.161. The van der Waals surface area contributed by atoms with Crippen molar-refractivity contribution in [2.24, 2.45) is 0 Å². The summed E-state index contributed by atoms with van der Waals surface area (Å²) in [5.41, 5.74) is 0.477. The molecule has 0 saturated carbocycles. The molecule has 0 bridgehead atoms. The van der Waals surface area contributed by atoms with Crippen LogP contribution in [0.25, 0.3) is 0 Å². The molecule has 34 heavy (non-hydrogen) atoms. The largest absolute Gasteiger partial charge is 0.422 e. The Morgan fingerprint density at radius 1 is 0.588 bits per heavy atom. The summed E-state index contributed by atoms with van der Waals surface area (Å²) < 4.78 is 19.6. The fourth-order valence-electron chi connectivity index (χ4n) is 2.63. The summed E-state index contributed by atoms with van der Waals surface area (Å²) in [5, 5.41) is 5.26. The van der Waals surface area contributed by atoms with Crippen LogP contribution in [-0.4, -0.2) is 49.8 Å². The van der Waals surface area contributed by atoms with Crippen LogP contribution in [0.15, 0.2) is 24.3 Å². The molecule has 0 aromatic heterocycles. The van der Waals surface area contributed by atoms with E-state index in [0.29, 0.717) is 13.1 Å². The monoisotopic (exact) mass is 484 g/mol.